The first-order valence-electron chi connectivity index (χ1n) is 4.77. The number of carbonyl (C=O) groups is 2. The summed E-state index contributed by atoms with van der Waals surface area (Å²) >= 11 is 0. The van der Waals surface area contributed by atoms with Crippen molar-refractivity contribution in [3.8, 4) is 0 Å². The number of carboxylic acid groups (broad SMARTS) is 1. The van der Waals surface area contributed by atoms with Crippen LogP contribution in [0.5, 0.6) is 0 Å². The van der Waals surface area contributed by atoms with Crippen molar-refractivity contribution in [2.24, 2.45) is 11.5 Å². The average molecular weight is 217 g/mol. The molecule has 0 radical (unpaired) electrons. The van der Waals surface area contributed by atoms with E-state index in [0.717, 1.165) is 0 Å². The van der Waals surface area contributed by atoms with Gasteiger partial charge in [-0.3, -0.25) is 14.5 Å². The van der Waals surface area contributed by atoms with Gasteiger partial charge in [-0.2, -0.15) is 0 Å². The van der Waals surface area contributed by atoms with Crippen LogP contribution < -0.4 is 11.5 Å². The second-order valence-electron chi connectivity index (χ2n) is 3.76. The van der Waals surface area contributed by atoms with Crippen LogP contribution in [0, 0.1) is 0 Å². The van der Waals surface area contributed by atoms with Gasteiger partial charge in [-0.1, -0.05) is 0 Å². The van der Waals surface area contributed by atoms with Crippen molar-refractivity contribution in [2.75, 3.05) is 20.1 Å². The predicted octanol–water partition coefficient (Wildman–Crippen LogP) is -1.01. The average Bonchev–Trinajstić information content (AvgIpc) is 2.14. The van der Waals surface area contributed by atoms with Crippen molar-refractivity contribution in [3.63, 3.8) is 0 Å². The molecule has 0 bridgehead atoms. The number of primary amides is 1. The van der Waals surface area contributed by atoms with E-state index in [1.165, 1.54) is 0 Å². The number of rotatable bonds is 7. The van der Waals surface area contributed by atoms with E-state index in [2.05, 4.69) is 0 Å². The molecule has 1 atom stereocenters. The molecule has 0 saturated heterocycles. The minimum absolute atomic E-state index is 0.0533. The molecule has 0 heterocycles. The van der Waals surface area contributed by atoms with Crippen LogP contribution in [0.3, 0.4) is 0 Å². The molecular formula is C9H19N3O3. The molecule has 0 spiro atoms. The van der Waals surface area contributed by atoms with Crippen LogP contribution in [0.25, 0.3) is 0 Å². The number of hydrogen-bond acceptors (Lipinski definition) is 4. The second kappa shape index (κ2) is 5.67. The predicted molar refractivity (Wildman–Crippen MR) is 56.2 cm³/mol. The number of carboxylic acids is 1. The normalized spacial score (nSPS) is 14.9. The van der Waals surface area contributed by atoms with Gasteiger partial charge < -0.3 is 16.6 Å². The summed E-state index contributed by atoms with van der Waals surface area (Å²) in [6, 6.07) is 0. The molecule has 0 aromatic carbocycles. The number of amides is 1. The van der Waals surface area contributed by atoms with E-state index in [-0.39, 0.29) is 12.8 Å². The first-order chi connectivity index (χ1) is 6.84. The number of hydrogen-bond donors (Lipinski definition) is 3. The molecule has 15 heavy (non-hydrogen) atoms. The zero-order valence-electron chi connectivity index (χ0n) is 9.19. The fourth-order valence-corrected chi connectivity index (χ4v) is 1.27. The van der Waals surface area contributed by atoms with Crippen LogP contribution in [0.2, 0.25) is 0 Å². The van der Waals surface area contributed by atoms with E-state index >= 15 is 0 Å². The van der Waals surface area contributed by atoms with Gasteiger partial charge in [0, 0.05) is 19.5 Å². The highest BCUT2D eigenvalue weighted by Gasteiger charge is 2.36. The molecule has 88 valence electrons. The molecule has 6 heteroatoms. The zero-order chi connectivity index (χ0) is 12.1. The maximum absolute atomic E-state index is 11.1. The van der Waals surface area contributed by atoms with Crippen LogP contribution in [0.1, 0.15) is 19.8 Å². The summed E-state index contributed by atoms with van der Waals surface area (Å²) in [6.07, 6.45) is 0.242. The molecule has 6 nitrogen and oxygen atoms in total. The number of nitrogens with two attached hydrogens (primary N) is 2. The third-order valence-electron chi connectivity index (χ3n) is 2.63. The van der Waals surface area contributed by atoms with Crippen LogP contribution >= 0.6 is 0 Å². The van der Waals surface area contributed by atoms with Crippen molar-refractivity contribution < 1.29 is 14.7 Å². The van der Waals surface area contributed by atoms with Crippen molar-refractivity contribution in [1.29, 1.82) is 0 Å². The Kier molecular flexibility index (Phi) is 5.24. The standard InChI is InChI=1S/C9H19N3O3/c1-9(8(14)15,4-3-7(11)13)12(2)6-5-10/h3-6,10H2,1-2H3,(H2,11,13)(H,14,15)/t9-/m0/s1. The summed E-state index contributed by atoms with van der Waals surface area (Å²) in [4.78, 5) is 23.4. The van der Waals surface area contributed by atoms with E-state index < -0.39 is 17.4 Å². The number of aliphatic carboxylic acids is 1. The summed E-state index contributed by atoms with van der Waals surface area (Å²) in [7, 11) is 1.67. The highest BCUT2D eigenvalue weighted by Crippen LogP contribution is 2.19. The molecule has 0 aliphatic rings. The van der Waals surface area contributed by atoms with Gasteiger partial charge in [-0.15, -0.1) is 0 Å². The van der Waals surface area contributed by atoms with E-state index in [0.29, 0.717) is 13.1 Å². The first-order valence-corrected chi connectivity index (χ1v) is 4.77. The Balaban J connectivity index is 4.58. The third-order valence-corrected chi connectivity index (χ3v) is 2.63. The summed E-state index contributed by atoms with van der Waals surface area (Å²) in [5.41, 5.74) is 9.27. The van der Waals surface area contributed by atoms with Crippen molar-refractivity contribution >= 4 is 11.9 Å². The van der Waals surface area contributed by atoms with Gasteiger partial charge in [0.1, 0.15) is 5.54 Å². The summed E-state index contributed by atoms with van der Waals surface area (Å²) < 4.78 is 0. The van der Waals surface area contributed by atoms with Gasteiger partial charge in [0.2, 0.25) is 5.91 Å². The van der Waals surface area contributed by atoms with Crippen molar-refractivity contribution in [1.82, 2.24) is 4.90 Å². The van der Waals surface area contributed by atoms with Crippen LogP contribution in [-0.4, -0.2) is 47.6 Å². The Bertz CT molecular complexity index is 245. The van der Waals surface area contributed by atoms with E-state index in [1.807, 2.05) is 0 Å². The molecule has 1 amide bonds. The SMILES string of the molecule is CN(CCN)[C@@](C)(CCC(N)=O)C(=O)O. The Labute approximate surface area is 89.2 Å². The van der Waals surface area contributed by atoms with Crippen LogP contribution in [0.4, 0.5) is 0 Å². The molecule has 0 aromatic rings. The van der Waals surface area contributed by atoms with Crippen molar-refractivity contribution in [3.05, 3.63) is 0 Å². The van der Waals surface area contributed by atoms with Gasteiger partial charge in [0.15, 0.2) is 0 Å². The Morgan fingerprint density at radius 3 is 2.33 bits per heavy atom. The van der Waals surface area contributed by atoms with Crippen LogP contribution in [0.15, 0.2) is 0 Å². The van der Waals surface area contributed by atoms with E-state index in [4.69, 9.17) is 16.6 Å². The third kappa shape index (κ3) is 3.85. The molecule has 0 aromatic heterocycles. The van der Waals surface area contributed by atoms with Crippen molar-refractivity contribution in [2.45, 2.75) is 25.3 Å². The van der Waals surface area contributed by atoms with E-state index in [9.17, 15) is 9.59 Å². The lowest BCUT2D eigenvalue weighted by Gasteiger charge is -2.34. The monoisotopic (exact) mass is 217 g/mol. The lowest BCUT2D eigenvalue weighted by Crippen LogP contribution is -2.52. The molecule has 0 saturated carbocycles. The Morgan fingerprint density at radius 2 is 2.00 bits per heavy atom. The maximum atomic E-state index is 11.1. The smallest absolute Gasteiger partial charge is 0.323 e. The quantitative estimate of drug-likeness (QED) is 0.506. The lowest BCUT2D eigenvalue weighted by molar-refractivity contribution is -0.150. The highest BCUT2D eigenvalue weighted by molar-refractivity contribution is 5.80. The summed E-state index contributed by atoms with van der Waals surface area (Å²) in [5.74, 6) is -1.47. The zero-order valence-corrected chi connectivity index (χ0v) is 9.19. The first kappa shape index (κ1) is 13.9. The van der Waals surface area contributed by atoms with Gasteiger partial charge in [-0.25, -0.2) is 0 Å². The number of carbonyl (C=O) groups excluding carboxylic acids is 1. The topological polar surface area (TPSA) is 110 Å². The summed E-state index contributed by atoms with van der Waals surface area (Å²) in [6.45, 7) is 2.39. The Hall–Kier alpha value is -1.14. The highest BCUT2D eigenvalue weighted by atomic mass is 16.4. The van der Waals surface area contributed by atoms with Gasteiger partial charge in [0.05, 0.1) is 0 Å². The molecule has 5 N–H and O–H groups in total. The van der Waals surface area contributed by atoms with E-state index in [1.54, 1.807) is 18.9 Å². The van der Waals surface area contributed by atoms with Gasteiger partial charge in [0.25, 0.3) is 0 Å². The minimum atomic E-state index is -1.09. The molecule has 0 unspecified atom stereocenters. The molecular weight excluding hydrogens is 198 g/mol. The number of nitrogens with zero attached hydrogens (tertiary/aromatic N) is 1. The number of likely N-dealkylation sites (N-methyl/N-ethyl adjacent to an activating group) is 1. The molecule has 0 aliphatic carbocycles. The van der Waals surface area contributed by atoms with Crippen LogP contribution in [-0.2, 0) is 9.59 Å². The second-order valence-corrected chi connectivity index (χ2v) is 3.76. The lowest BCUT2D eigenvalue weighted by atomic mass is 9.94. The minimum Gasteiger partial charge on any atom is -0.480 e. The van der Waals surface area contributed by atoms with Gasteiger partial charge in [-0.05, 0) is 20.4 Å². The molecule has 0 aliphatic heterocycles. The largest absolute Gasteiger partial charge is 0.480 e. The molecule has 0 fully saturated rings. The summed E-state index contributed by atoms with van der Waals surface area (Å²) in [5, 5.41) is 9.11. The maximum Gasteiger partial charge on any atom is 0.323 e. The fourth-order valence-electron chi connectivity index (χ4n) is 1.27. The Morgan fingerprint density at radius 1 is 1.47 bits per heavy atom. The fraction of sp³-hybridized carbons (Fsp3) is 0.778. The molecule has 0 rings (SSSR count). The van der Waals surface area contributed by atoms with Gasteiger partial charge >= 0.3 is 5.97 Å².